The molecule has 1 aromatic carbocycles. The predicted molar refractivity (Wildman–Crippen MR) is 89.0 cm³/mol. The molecule has 136 valence electrons. The summed E-state index contributed by atoms with van der Waals surface area (Å²) in [4.78, 5) is 13.9. The van der Waals surface area contributed by atoms with Crippen molar-refractivity contribution in [2.75, 3.05) is 18.9 Å². The fourth-order valence-corrected chi connectivity index (χ4v) is 2.42. The number of hydrogen-bond acceptors (Lipinski definition) is 3. The van der Waals surface area contributed by atoms with Crippen LogP contribution in [0, 0.1) is 0 Å². The van der Waals surface area contributed by atoms with E-state index in [0.29, 0.717) is 17.9 Å². The zero-order chi connectivity index (χ0) is 18.6. The van der Waals surface area contributed by atoms with E-state index in [0.717, 1.165) is 12.1 Å². The van der Waals surface area contributed by atoms with E-state index < -0.39 is 11.7 Å². The van der Waals surface area contributed by atoms with Crippen LogP contribution >= 0.6 is 0 Å². The number of carbonyl (C=O) groups excluding carboxylic acids is 1. The monoisotopic (exact) mass is 354 g/mol. The van der Waals surface area contributed by atoms with Crippen LogP contribution in [0.3, 0.4) is 0 Å². The number of carbonyl (C=O) groups is 1. The summed E-state index contributed by atoms with van der Waals surface area (Å²) in [5.41, 5.74) is 0.0223. The van der Waals surface area contributed by atoms with Crippen molar-refractivity contribution in [3.05, 3.63) is 47.7 Å². The first-order valence-electron chi connectivity index (χ1n) is 7.85. The Balaban J connectivity index is 1.90. The number of nitrogens with one attached hydrogen (secondary N) is 1. The molecule has 1 heterocycles. The van der Waals surface area contributed by atoms with Crippen LogP contribution in [0.4, 0.5) is 19.0 Å². The van der Waals surface area contributed by atoms with Crippen LogP contribution < -0.4 is 5.32 Å². The zero-order valence-corrected chi connectivity index (χ0v) is 14.3. The van der Waals surface area contributed by atoms with Gasteiger partial charge in [-0.05, 0) is 38.6 Å². The number of likely N-dealkylation sites (N-methyl/N-ethyl adjacent to an activating group) is 1. The van der Waals surface area contributed by atoms with Gasteiger partial charge in [0.25, 0.3) is 0 Å². The summed E-state index contributed by atoms with van der Waals surface area (Å²) in [7, 11) is 1.73. The van der Waals surface area contributed by atoms with Gasteiger partial charge in [0.15, 0.2) is 0 Å². The average molecular weight is 354 g/mol. The SMILES string of the molecule is CC(C)n1nccc1NC(=O)CN(C)Cc1ccc(C(F)(F)F)cc1. The summed E-state index contributed by atoms with van der Waals surface area (Å²) in [5, 5.41) is 6.93. The Kier molecular flexibility index (Phi) is 5.84. The van der Waals surface area contributed by atoms with Gasteiger partial charge < -0.3 is 5.32 Å². The Bertz CT molecular complexity index is 707. The molecule has 8 heteroatoms. The summed E-state index contributed by atoms with van der Waals surface area (Å²) in [5.74, 6) is 0.403. The lowest BCUT2D eigenvalue weighted by atomic mass is 10.1. The number of amides is 1. The standard InChI is InChI=1S/C17H21F3N4O/c1-12(2)24-15(8-9-21-24)22-16(25)11-23(3)10-13-4-6-14(7-5-13)17(18,19)20/h4-9,12H,10-11H2,1-3H3,(H,22,25). The molecule has 0 saturated carbocycles. The average Bonchev–Trinajstić information content (AvgIpc) is 2.94. The molecule has 0 radical (unpaired) electrons. The van der Waals surface area contributed by atoms with Crippen LogP contribution in [0.1, 0.15) is 31.0 Å². The van der Waals surface area contributed by atoms with Gasteiger partial charge in [0.1, 0.15) is 5.82 Å². The van der Waals surface area contributed by atoms with Crippen molar-refractivity contribution in [2.45, 2.75) is 32.6 Å². The van der Waals surface area contributed by atoms with E-state index in [1.54, 1.807) is 28.9 Å². The van der Waals surface area contributed by atoms with E-state index in [9.17, 15) is 18.0 Å². The number of halogens is 3. The molecule has 1 amide bonds. The predicted octanol–water partition coefficient (Wildman–Crippen LogP) is 3.55. The summed E-state index contributed by atoms with van der Waals surface area (Å²) < 4.78 is 39.4. The largest absolute Gasteiger partial charge is 0.416 e. The topological polar surface area (TPSA) is 50.2 Å². The minimum Gasteiger partial charge on any atom is -0.310 e. The Labute approximate surface area is 144 Å². The minimum atomic E-state index is -4.34. The minimum absolute atomic E-state index is 0.115. The highest BCUT2D eigenvalue weighted by Crippen LogP contribution is 2.29. The number of benzene rings is 1. The molecule has 2 aromatic rings. The first kappa shape index (κ1) is 19.0. The van der Waals surface area contributed by atoms with E-state index in [4.69, 9.17) is 0 Å². The Morgan fingerprint density at radius 2 is 1.88 bits per heavy atom. The molecule has 0 aliphatic rings. The third kappa shape index (κ3) is 5.32. The van der Waals surface area contributed by atoms with Gasteiger partial charge in [-0.2, -0.15) is 18.3 Å². The maximum atomic E-state index is 12.6. The lowest BCUT2D eigenvalue weighted by molar-refractivity contribution is -0.137. The van der Waals surface area contributed by atoms with Crippen LogP contribution in [-0.4, -0.2) is 34.2 Å². The molecular weight excluding hydrogens is 333 g/mol. The quantitative estimate of drug-likeness (QED) is 0.863. The molecule has 0 aliphatic carbocycles. The Morgan fingerprint density at radius 3 is 2.44 bits per heavy atom. The van der Waals surface area contributed by atoms with Crippen molar-refractivity contribution in [3.63, 3.8) is 0 Å². The first-order valence-corrected chi connectivity index (χ1v) is 7.85. The fraction of sp³-hybridized carbons (Fsp3) is 0.412. The van der Waals surface area contributed by atoms with E-state index in [2.05, 4.69) is 10.4 Å². The molecule has 1 N–H and O–H groups in total. The fourth-order valence-electron chi connectivity index (χ4n) is 2.42. The lowest BCUT2D eigenvalue weighted by Crippen LogP contribution is -2.30. The van der Waals surface area contributed by atoms with Crippen molar-refractivity contribution < 1.29 is 18.0 Å². The number of rotatable bonds is 6. The van der Waals surface area contributed by atoms with Crippen molar-refractivity contribution in [2.24, 2.45) is 0 Å². The van der Waals surface area contributed by atoms with Crippen molar-refractivity contribution in [1.82, 2.24) is 14.7 Å². The van der Waals surface area contributed by atoms with E-state index in [1.165, 1.54) is 12.1 Å². The maximum Gasteiger partial charge on any atom is 0.416 e. The second kappa shape index (κ2) is 7.69. The van der Waals surface area contributed by atoms with Gasteiger partial charge in [0.05, 0.1) is 18.3 Å². The van der Waals surface area contributed by atoms with E-state index >= 15 is 0 Å². The van der Waals surface area contributed by atoms with Crippen LogP contribution in [0.5, 0.6) is 0 Å². The molecule has 25 heavy (non-hydrogen) atoms. The Morgan fingerprint density at radius 1 is 1.24 bits per heavy atom. The van der Waals surface area contributed by atoms with E-state index in [1.807, 2.05) is 13.8 Å². The maximum absolute atomic E-state index is 12.6. The lowest BCUT2D eigenvalue weighted by Gasteiger charge is -2.17. The second-order valence-electron chi connectivity index (χ2n) is 6.17. The van der Waals surface area contributed by atoms with Gasteiger partial charge >= 0.3 is 6.18 Å². The number of aromatic nitrogens is 2. The number of alkyl halides is 3. The molecular formula is C17H21F3N4O. The number of anilines is 1. The summed E-state index contributed by atoms with van der Waals surface area (Å²) in [6, 6.07) is 6.77. The highest BCUT2D eigenvalue weighted by atomic mass is 19.4. The Hall–Kier alpha value is -2.35. The van der Waals surface area contributed by atoms with Crippen molar-refractivity contribution in [3.8, 4) is 0 Å². The molecule has 0 atom stereocenters. The normalized spacial score (nSPS) is 12.0. The molecule has 0 fully saturated rings. The van der Waals surface area contributed by atoms with Gasteiger partial charge in [-0.3, -0.25) is 9.69 Å². The molecule has 1 aromatic heterocycles. The molecule has 0 aliphatic heterocycles. The van der Waals surface area contributed by atoms with Gasteiger partial charge in [-0.1, -0.05) is 12.1 Å². The van der Waals surface area contributed by atoms with Crippen LogP contribution in [0.15, 0.2) is 36.5 Å². The zero-order valence-electron chi connectivity index (χ0n) is 14.3. The molecule has 0 unspecified atom stereocenters. The van der Waals surface area contributed by atoms with Crippen LogP contribution in [0.25, 0.3) is 0 Å². The molecule has 0 spiro atoms. The summed E-state index contributed by atoms with van der Waals surface area (Å²) in [6.45, 7) is 4.40. The molecule has 2 rings (SSSR count). The smallest absolute Gasteiger partial charge is 0.310 e. The molecule has 5 nitrogen and oxygen atoms in total. The number of nitrogens with zero attached hydrogens (tertiary/aromatic N) is 3. The highest BCUT2D eigenvalue weighted by Gasteiger charge is 2.29. The van der Waals surface area contributed by atoms with Gasteiger partial charge in [-0.25, -0.2) is 4.68 Å². The summed E-state index contributed by atoms with van der Waals surface area (Å²) in [6.07, 6.45) is -2.73. The molecule has 0 bridgehead atoms. The van der Waals surface area contributed by atoms with Crippen molar-refractivity contribution in [1.29, 1.82) is 0 Å². The highest BCUT2D eigenvalue weighted by molar-refractivity contribution is 5.91. The van der Waals surface area contributed by atoms with Crippen molar-refractivity contribution >= 4 is 11.7 Å². The third-order valence-corrected chi connectivity index (χ3v) is 3.57. The molecule has 0 saturated heterocycles. The second-order valence-corrected chi connectivity index (χ2v) is 6.17. The first-order chi connectivity index (χ1) is 11.7. The summed E-state index contributed by atoms with van der Waals surface area (Å²) >= 11 is 0. The van der Waals surface area contributed by atoms with Gasteiger partial charge in [0.2, 0.25) is 5.91 Å². The van der Waals surface area contributed by atoms with Gasteiger partial charge in [-0.15, -0.1) is 0 Å². The third-order valence-electron chi connectivity index (χ3n) is 3.57. The van der Waals surface area contributed by atoms with Gasteiger partial charge in [0, 0.05) is 18.7 Å². The van der Waals surface area contributed by atoms with Crippen LogP contribution in [-0.2, 0) is 17.5 Å². The number of hydrogen-bond donors (Lipinski definition) is 1. The van der Waals surface area contributed by atoms with E-state index in [-0.39, 0.29) is 18.5 Å². The van der Waals surface area contributed by atoms with Crippen LogP contribution in [0.2, 0.25) is 0 Å².